The van der Waals surface area contributed by atoms with E-state index in [2.05, 4.69) is 29.4 Å². The molecule has 0 N–H and O–H groups in total. The highest BCUT2D eigenvalue weighted by atomic mass is 15.0. The van der Waals surface area contributed by atoms with E-state index in [1.165, 1.54) is 11.4 Å². The summed E-state index contributed by atoms with van der Waals surface area (Å²) in [6, 6.07) is 6.11. The molecule has 0 fully saturated rings. The molecule has 0 aromatic carbocycles. The zero-order valence-electron chi connectivity index (χ0n) is 8.12. The largest absolute Gasteiger partial charge is 0.304 e. The molecular formula is C11H14N2. The topological polar surface area (TPSA) is 17.3 Å². The van der Waals surface area contributed by atoms with Crippen LogP contribution in [0.1, 0.15) is 24.7 Å². The fourth-order valence-electron chi connectivity index (χ4n) is 1.64. The number of hydrogen-bond donors (Lipinski definition) is 0. The first-order valence-corrected chi connectivity index (χ1v) is 4.75. The number of aryl methyl sites for hydroxylation is 2. The Balaban J connectivity index is 2.60. The molecule has 0 saturated carbocycles. The molecule has 2 rings (SSSR count). The predicted molar refractivity (Wildman–Crippen MR) is 53.9 cm³/mol. The van der Waals surface area contributed by atoms with Crippen molar-refractivity contribution < 1.29 is 0 Å². The van der Waals surface area contributed by atoms with Gasteiger partial charge in [-0.2, -0.15) is 0 Å². The van der Waals surface area contributed by atoms with Crippen LogP contribution in [-0.4, -0.2) is 9.38 Å². The number of rotatable bonds is 2. The molecule has 0 amide bonds. The molecule has 13 heavy (non-hydrogen) atoms. The van der Waals surface area contributed by atoms with E-state index in [0.29, 0.717) is 0 Å². The second-order valence-electron chi connectivity index (χ2n) is 3.32. The van der Waals surface area contributed by atoms with Gasteiger partial charge in [0.2, 0.25) is 0 Å². The summed E-state index contributed by atoms with van der Waals surface area (Å²) in [5.74, 6) is 0. The molecule has 2 heteroatoms. The molecule has 0 saturated heterocycles. The SMILES string of the molecule is CCCc1nc2ccccn2c1C. The number of pyridine rings is 1. The first-order chi connectivity index (χ1) is 6.33. The van der Waals surface area contributed by atoms with Crippen molar-refractivity contribution >= 4 is 5.65 Å². The Morgan fingerprint density at radius 2 is 2.23 bits per heavy atom. The van der Waals surface area contributed by atoms with Crippen LogP contribution in [0, 0.1) is 6.92 Å². The molecule has 2 nitrogen and oxygen atoms in total. The number of imidazole rings is 1. The van der Waals surface area contributed by atoms with Crippen molar-refractivity contribution in [1.29, 1.82) is 0 Å². The molecular weight excluding hydrogens is 160 g/mol. The molecule has 0 unspecified atom stereocenters. The second-order valence-corrected chi connectivity index (χ2v) is 3.32. The third-order valence-corrected chi connectivity index (χ3v) is 2.35. The van der Waals surface area contributed by atoms with Crippen molar-refractivity contribution in [2.45, 2.75) is 26.7 Å². The van der Waals surface area contributed by atoms with Crippen LogP contribution >= 0.6 is 0 Å². The Morgan fingerprint density at radius 3 is 2.92 bits per heavy atom. The maximum atomic E-state index is 4.56. The maximum absolute atomic E-state index is 4.56. The Bertz CT molecular complexity index is 415. The van der Waals surface area contributed by atoms with E-state index in [1.807, 2.05) is 18.2 Å². The van der Waals surface area contributed by atoms with Gasteiger partial charge in [0.25, 0.3) is 0 Å². The third-order valence-electron chi connectivity index (χ3n) is 2.35. The molecule has 2 aromatic rings. The van der Waals surface area contributed by atoms with E-state index in [1.54, 1.807) is 0 Å². The highest BCUT2D eigenvalue weighted by molar-refractivity contribution is 5.42. The second kappa shape index (κ2) is 3.21. The maximum Gasteiger partial charge on any atom is 0.137 e. The standard InChI is InChI=1S/C11H14N2/c1-3-6-10-9(2)13-8-5-4-7-11(13)12-10/h4-5,7-8H,3,6H2,1-2H3. The van der Waals surface area contributed by atoms with Gasteiger partial charge < -0.3 is 4.40 Å². The number of aromatic nitrogens is 2. The Hall–Kier alpha value is -1.31. The number of hydrogen-bond acceptors (Lipinski definition) is 1. The molecule has 68 valence electrons. The zero-order valence-corrected chi connectivity index (χ0v) is 8.12. The van der Waals surface area contributed by atoms with Crippen LogP contribution in [-0.2, 0) is 6.42 Å². The summed E-state index contributed by atoms with van der Waals surface area (Å²) in [4.78, 5) is 4.56. The van der Waals surface area contributed by atoms with Crippen molar-refractivity contribution in [2.75, 3.05) is 0 Å². The van der Waals surface area contributed by atoms with Crippen molar-refractivity contribution in [1.82, 2.24) is 9.38 Å². The van der Waals surface area contributed by atoms with Crippen LogP contribution in [0.2, 0.25) is 0 Å². The first-order valence-electron chi connectivity index (χ1n) is 4.75. The molecule has 0 bridgehead atoms. The molecule has 0 radical (unpaired) electrons. The summed E-state index contributed by atoms with van der Waals surface area (Å²) in [6.07, 6.45) is 4.30. The minimum atomic E-state index is 1.06. The van der Waals surface area contributed by atoms with Crippen molar-refractivity contribution in [3.05, 3.63) is 35.8 Å². The lowest BCUT2D eigenvalue weighted by Gasteiger charge is -1.95. The quantitative estimate of drug-likeness (QED) is 0.684. The van der Waals surface area contributed by atoms with Gasteiger partial charge in [-0.15, -0.1) is 0 Å². The van der Waals surface area contributed by atoms with Gasteiger partial charge in [0, 0.05) is 11.9 Å². The van der Waals surface area contributed by atoms with Crippen LogP contribution < -0.4 is 0 Å². The van der Waals surface area contributed by atoms with Gasteiger partial charge in [-0.25, -0.2) is 4.98 Å². The van der Waals surface area contributed by atoms with Gasteiger partial charge in [-0.3, -0.25) is 0 Å². The van der Waals surface area contributed by atoms with Gasteiger partial charge in [-0.05, 0) is 25.5 Å². The highest BCUT2D eigenvalue weighted by Crippen LogP contribution is 2.12. The summed E-state index contributed by atoms with van der Waals surface area (Å²) in [7, 11) is 0. The summed E-state index contributed by atoms with van der Waals surface area (Å²) >= 11 is 0. The number of nitrogens with zero attached hydrogens (tertiary/aromatic N) is 2. The summed E-state index contributed by atoms with van der Waals surface area (Å²) < 4.78 is 2.14. The molecule has 0 spiro atoms. The monoisotopic (exact) mass is 174 g/mol. The van der Waals surface area contributed by atoms with Crippen LogP contribution in [0.3, 0.4) is 0 Å². The third kappa shape index (κ3) is 1.32. The smallest absolute Gasteiger partial charge is 0.137 e. The average molecular weight is 174 g/mol. The Labute approximate surface area is 78.2 Å². The minimum Gasteiger partial charge on any atom is -0.304 e. The van der Waals surface area contributed by atoms with E-state index >= 15 is 0 Å². The van der Waals surface area contributed by atoms with E-state index < -0.39 is 0 Å². The van der Waals surface area contributed by atoms with Gasteiger partial charge in [0.05, 0.1) is 5.69 Å². The first kappa shape index (κ1) is 8.30. The number of fused-ring (bicyclic) bond motifs is 1. The lowest BCUT2D eigenvalue weighted by molar-refractivity contribution is 0.880. The van der Waals surface area contributed by atoms with Crippen molar-refractivity contribution in [2.24, 2.45) is 0 Å². The zero-order chi connectivity index (χ0) is 9.26. The van der Waals surface area contributed by atoms with Crippen LogP contribution in [0.4, 0.5) is 0 Å². The highest BCUT2D eigenvalue weighted by Gasteiger charge is 2.05. The average Bonchev–Trinajstić information content (AvgIpc) is 2.46. The molecule has 0 atom stereocenters. The van der Waals surface area contributed by atoms with Gasteiger partial charge in [0.1, 0.15) is 5.65 Å². The van der Waals surface area contributed by atoms with Crippen LogP contribution in [0.5, 0.6) is 0 Å². The Kier molecular flexibility index (Phi) is 2.05. The lowest BCUT2D eigenvalue weighted by atomic mass is 10.2. The van der Waals surface area contributed by atoms with E-state index in [4.69, 9.17) is 0 Å². The van der Waals surface area contributed by atoms with Crippen LogP contribution in [0.25, 0.3) is 5.65 Å². The predicted octanol–water partition coefficient (Wildman–Crippen LogP) is 2.60. The van der Waals surface area contributed by atoms with Crippen molar-refractivity contribution in [3.63, 3.8) is 0 Å². The molecule has 0 aliphatic rings. The fourth-order valence-corrected chi connectivity index (χ4v) is 1.64. The summed E-state index contributed by atoms with van der Waals surface area (Å²) in [5.41, 5.74) is 3.56. The molecule has 0 aliphatic carbocycles. The van der Waals surface area contributed by atoms with Crippen molar-refractivity contribution in [3.8, 4) is 0 Å². The lowest BCUT2D eigenvalue weighted by Crippen LogP contribution is -1.88. The van der Waals surface area contributed by atoms with Gasteiger partial charge in [0.15, 0.2) is 0 Å². The van der Waals surface area contributed by atoms with E-state index in [9.17, 15) is 0 Å². The Morgan fingerprint density at radius 1 is 1.38 bits per heavy atom. The summed E-state index contributed by atoms with van der Waals surface area (Å²) in [5, 5.41) is 0. The van der Waals surface area contributed by atoms with E-state index in [0.717, 1.165) is 18.5 Å². The van der Waals surface area contributed by atoms with E-state index in [-0.39, 0.29) is 0 Å². The van der Waals surface area contributed by atoms with Gasteiger partial charge in [-0.1, -0.05) is 19.4 Å². The van der Waals surface area contributed by atoms with Gasteiger partial charge >= 0.3 is 0 Å². The fraction of sp³-hybridized carbons (Fsp3) is 0.364. The molecule has 0 aliphatic heterocycles. The minimum absolute atomic E-state index is 1.06. The summed E-state index contributed by atoms with van der Waals surface area (Å²) in [6.45, 7) is 4.31. The van der Waals surface area contributed by atoms with Crippen LogP contribution in [0.15, 0.2) is 24.4 Å². The molecule has 2 heterocycles. The molecule has 2 aromatic heterocycles. The normalized spacial score (nSPS) is 10.9.